The van der Waals surface area contributed by atoms with Gasteiger partial charge in [-0.15, -0.1) is 0 Å². The maximum Gasteiger partial charge on any atom is 0.0177 e. The van der Waals surface area contributed by atoms with E-state index < -0.39 is 0 Å². The minimum absolute atomic E-state index is 1.15. The lowest BCUT2D eigenvalue weighted by atomic mass is 10.0. The Morgan fingerprint density at radius 2 is 1.44 bits per heavy atom. The molecule has 0 fully saturated rings. The first-order valence-electron chi connectivity index (χ1n) is 5.63. The van der Waals surface area contributed by atoms with Gasteiger partial charge in [-0.05, 0) is 42.5 Å². The molecule has 0 saturated heterocycles. The van der Waals surface area contributed by atoms with Gasteiger partial charge in [-0.1, -0.05) is 58.4 Å². The quantitative estimate of drug-likeness (QED) is 0.763. The van der Waals surface area contributed by atoms with Crippen molar-refractivity contribution in [3.8, 4) is 0 Å². The van der Waals surface area contributed by atoms with Crippen molar-refractivity contribution in [1.29, 1.82) is 0 Å². The third-order valence-electron chi connectivity index (χ3n) is 2.66. The fourth-order valence-electron chi connectivity index (χ4n) is 1.83. The molecular weight excluding hydrogens is 260 g/mol. The van der Waals surface area contributed by atoms with Crippen LogP contribution in [0.25, 0.3) is 0 Å². The predicted octanol–water partition coefficient (Wildman–Crippen LogP) is 4.62. The van der Waals surface area contributed by atoms with E-state index in [-0.39, 0.29) is 0 Å². The maximum absolute atomic E-state index is 3.50. The highest BCUT2D eigenvalue weighted by Crippen LogP contribution is 2.14. The number of halogens is 1. The van der Waals surface area contributed by atoms with Gasteiger partial charge >= 0.3 is 0 Å². The number of hydrogen-bond donors (Lipinski definition) is 0. The maximum atomic E-state index is 3.50. The molecule has 1 heteroatoms. The molecule has 0 aliphatic carbocycles. The molecule has 0 radical (unpaired) electrons. The Bertz CT molecular complexity index is 434. The summed E-state index contributed by atoms with van der Waals surface area (Å²) in [7, 11) is 0. The molecule has 2 aromatic rings. The van der Waals surface area contributed by atoms with E-state index in [9.17, 15) is 0 Å². The normalized spacial score (nSPS) is 10.3. The Kier molecular flexibility index (Phi) is 4.17. The Morgan fingerprint density at radius 3 is 2.19 bits per heavy atom. The molecule has 0 bridgehead atoms. The molecule has 2 aromatic carbocycles. The van der Waals surface area contributed by atoms with Crippen LogP contribution in [0.15, 0.2) is 59.1 Å². The highest BCUT2D eigenvalue weighted by atomic mass is 79.9. The second-order valence-corrected chi connectivity index (χ2v) is 4.88. The number of hydrogen-bond acceptors (Lipinski definition) is 0. The van der Waals surface area contributed by atoms with Crippen molar-refractivity contribution in [2.45, 2.75) is 19.3 Å². The summed E-state index contributed by atoms with van der Waals surface area (Å²) in [6.07, 6.45) is 3.52. The van der Waals surface area contributed by atoms with Gasteiger partial charge in [-0.3, -0.25) is 0 Å². The van der Waals surface area contributed by atoms with E-state index in [4.69, 9.17) is 0 Å². The molecule has 0 saturated carbocycles. The Labute approximate surface area is 105 Å². The van der Waals surface area contributed by atoms with Gasteiger partial charge in [0.2, 0.25) is 0 Å². The molecule has 82 valence electrons. The largest absolute Gasteiger partial charge is 0.0622 e. The monoisotopic (exact) mass is 274 g/mol. The topological polar surface area (TPSA) is 0 Å². The van der Waals surface area contributed by atoms with Crippen molar-refractivity contribution in [3.05, 3.63) is 70.2 Å². The van der Waals surface area contributed by atoms with Crippen LogP contribution in [-0.4, -0.2) is 0 Å². The lowest BCUT2D eigenvalue weighted by Crippen LogP contribution is -1.89. The van der Waals surface area contributed by atoms with Crippen LogP contribution in [0.3, 0.4) is 0 Å². The third-order valence-corrected chi connectivity index (χ3v) is 3.16. The zero-order valence-electron chi connectivity index (χ0n) is 9.20. The van der Waals surface area contributed by atoms with E-state index in [1.807, 2.05) is 0 Å². The van der Waals surface area contributed by atoms with Gasteiger partial charge < -0.3 is 0 Å². The summed E-state index contributed by atoms with van der Waals surface area (Å²) in [6.45, 7) is 0. The van der Waals surface area contributed by atoms with Crippen LogP contribution in [0, 0.1) is 0 Å². The summed E-state index contributed by atoms with van der Waals surface area (Å²) in [6, 6.07) is 19.2. The predicted molar refractivity (Wildman–Crippen MR) is 72.6 cm³/mol. The molecule has 0 spiro atoms. The van der Waals surface area contributed by atoms with E-state index >= 15 is 0 Å². The van der Waals surface area contributed by atoms with E-state index in [0.717, 1.165) is 12.8 Å². The molecule has 16 heavy (non-hydrogen) atoms. The molecule has 0 aliphatic rings. The summed E-state index contributed by atoms with van der Waals surface area (Å²) in [5.41, 5.74) is 2.84. The zero-order chi connectivity index (χ0) is 11.2. The summed E-state index contributed by atoms with van der Waals surface area (Å²) in [5, 5.41) is 0. The smallest absolute Gasteiger partial charge is 0.0177 e. The van der Waals surface area contributed by atoms with Gasteiger partial charge in [0.25, 0.3) is 0 Å². The van der Waals surface area contributed by atoms with Crippen molar-refractivity contribution in [2.75, 3.05) is 0 Å². The molecule has 0 N–H and O–H groups in total. The summed E-state index contributed by atoms with van der Waals surface area (Å²) < 4.78 is 1.17. The SMILES string of the molecule is Brc1cccc(CCCc2ccccc2)c1. The first-order valence-corrected chi connectivity index (χ1v) is 6.42. The Balaban J connectivity index is 1.85. The zero-order valence-corrected chi connectivity index (χ0v) is 10.8. The summed E-state index contributed by atoms with van der Waals surface area (Å²) >= 11 is 3.50. The van der Waals surface area contributed by atoms with Gasteiger partial charge in [0, 0.05) is 4.47 Å². The molecule has 0 heterocycles. The van der Waals surface area contributed by atoms with Crippen LogP contribution in [0.1, 0.15) is 17.5 Å². The first kappa shape index (κ1) is 11.4. The van der Waals surface area contributed by atoms with Gasteiger partial charge in [0.1, 0.15) is 0 Å². The van der Waals surface area contributed by atoms with Crippen molar-refractivity contribution in [1.82, 2.24) is 0 Å². The van der Waals surface area contributed by atoms with Gasteiger partial charge in [-0.25, -0.2) is 0 Å². The molecule has 0 unspecified atom stereocenters. The minimum atomic E-state index is 1.15. The summed E-state index contributed by atoms with van der Waals surface area (Å²) in [4.78, 5) is 0. The highest BCUT2D eigenvalue weighted by Gasteiger charge is 1.95. The van der Waals surface area contributed by atoms with Gasteiger partial charge in [0.15, 0.2) is 0 Å². The van der Waals surface area contributed by atoms with Crippen LogP contribution in [0.4, 0.5) is 0 Å². The Morgan fingerprint density at radius 1 is 0.750 bits per heavy atom. The average Bonchev–Trinajstić information content (AvgIpc) is 2.30. The van der Waals surface area contributed by atoms with Gasteiger partial charge in [-0.2, -0.15) is 0 Å². The lowest BCUT2D eigenvalue weighted by molar-refractivity contribution is 0.820. The van der Waals surface area contributed by atoms with Crippen molar-refractivity contribution < 1.29 is 0 Å². The second kappa shape index (κ2) is 5.86. The van der Waals surface area contributed by atoms with Crippen molar-refractivity contribution in [3.63, 3.8) is 0 Å². The molecule has 0 aromatic heterocycles. The van der Waals surface area contributed by atoms with Crippen molar-refractivity contribution in [2.24, 2.45) is 0 Å². The highest BCUT2D eigenvalue weighted by molar-refractivity contribution is 9.10. The lowest BCUT2D eigenvalue weighted by Gasteiger charge is -2.02. The number of aryl methyl sites for hydroxylation is 2. The van der Waals surface area contributed by atoms with Crippen LogP contribution in [-0.2, 0) is 12.8 Å². The number of benzene rings is 2. The minimum Gasteiger partial charge on any atom is -0.0622 e. The van der Waals surface area contributed by atoms with Gasteiger partial charge in [0.05, 0.1) is 0 Å². The van der Waals surface area contributed by atoms with Crippen LogP contribution >= 0.6 is 15.9 Å². The van der Waals surface area contributed by atoms with E-state index in [1.165, 1.54) is 22.0 Å². The number of rotatable bonds is 4. The standard InChI is InChI=1S/C15H15Br/c16-15-11-5-10-14(12-15)9-4-8-13-6-2-1-3-7-13/h1-3,5-7,10-12H,4,8-9H2. The Hall–Kier alpha value is -1.08. The molecule has 0 nitrogen and oxygen atoms in total. The fraction of sp³-hybridized carbons (Fsp3) is 0.200. The van der Waals surface area contributed by atoms with Crippen LogP contribution < -0.4 is 0 Å². The fourth-order valence-corrected chi connectivity index (χ4v) is 2.28. The van der Waals surface area contributed by atoms with Crippen LogP contribution in [0.5, 0.6) is 0 Å². The van der Waals surface area contributed by atoms with E-state index in [2.05, 4.69) is 70.5 Å². The van der Waals surface area contributed by atoms with E-state index in [0.29, 0.717) is 0 Å². The molecule has 0 amide bonds. The summed E-state index contributed by atoms with van der Waals surface area (Å²) in [5.74, 6) is 0. The molecule has 2 rings (SSSR count). The second-order valence-electron chi connectivity index (χ2n) is 3.97. The van der Waals surface area contributed by atoms with E-state index in [1.54, 1.807) is 0 Å². The average molecular weight is 275 g/mol. The molecule has 0 atom stereocenters. The third kappa shape index (κ3) is 3.49. The first-order chi connectivity index (χ1) is 7.84. The molecular formula is C15H15Br. The van der Waals surface area contributed by atoms with Crippen molar-refractivity contribution >= 4 is 15.9 Å². The molecule has 0 aliphatic heterocycles. The van der Waals surface area contributed by atoms with Crippen LogP contribution in [0.2, 0.25) is 0 Å².